The lowest BCUT2D eigenvalue weighted by Gasteiger charge is -2.25. The number of aliphatic hydroxyl groups is 1. The molecule has 11 heteroatoms. The zero-order chi connectivity index (χ0) is 22.3. The molecule has 0 radical (unpaired) electrons. The summed E-state index contributed by atoms with van der Waals surface area (Å²) in [6, 6.07) is 8.12. The molecule has 2 aromatic heterocycles. The number of nitrogens with two attached hydrogens (primary N) is 2. The van der Waals surface area contributed by atoms with Gasteiger partial charge in [0.15, 0.2) is 5.82 Å². The van der Waals surface area contributed by atoms with Gasteiger partial charge in [0, 0.05) is 12.7 Å². The predicted molar refractivity (Wildman–Crippen MR) is 110 cm³/mol. The molecule has 1 aliphatic rings. The Morgan fingerprint density at radius 3 is 2.77 bits per heavy atom. The molecule has 0 aliphatic carbocycles. The van der Waals surface area contributed by atoms with E-state index in [1.807, 2.05) is 0 Å². The van der Waals surface area contributed by atoms with Gasteiger partial charge in [0.2, 0.25) is 5.91 Å². The summed E-state index contributed by atoms with van der Waals surface area (Å²) < 4.78 is 20.9. The van der Waals surface area contributed by atoms with Crippen molar-refractivity contribution in [3.8, 4) is 11.5 Å². The highest BCUT2D eigenvalue weighted by Gasteiger charge is 2.50. The fraction of sp³-hybridized carbons (Fsp3) is 0.300. The van der Waals surface area contributed by atoms with Gasteiger partial charge in [0.05, 0.1) is 24.4 Å². The minimum Gasteiger partial charge on any atom is -0.383 e. The van der Waals surface area contributed by atoms with E-state index in [0.29, 0.717) is 17.0 Å². The number of halogens is 1. The maximum absolute atomic E-state index is 14.1. The number of aliphatic hydroxyl groups excluding tert-OH is 1. The Morgan fingerprint density at radius 1 is 1.35 bits per heavy atom. The van der Waals surface area contributed by atoms with Gasteiger partial charge < -0.3 is 26.6 Å². The van der Waals surface area contributed by atoms with Crippen LogP contribution in [-0.4, -0.2) is 44.1 Å². The van der Waals surface area contributed by atoms with Gasteiger partial charge in [-0.25, -0.2) is 14.4 Å². The van der Waals surface area contributed by atoms with Crippen LogP contribution < -0.4 is 16.8 Å². The van der Waals surface area contributed by atoms with Gasteiger partial charge in [-0.05, 0) is 19.1 Å². The van der Waals surface area contributed by atoms with Crippen LogP contribution in [-0.2, 0) is 28.1 Å². The SMILES string of the molecule is COCc1cc(-c2nc(N)c3c(n2)NC(=O)C3(C)C(N)O)nn1Cc1ccccc1F. The highest BCUT2D eigenvalue weighted by atomic mass is 19.1. The maximum atomic E-state index is 14.1. The number of carbonyl (C=O) groups excluding carboxylic acids is 1. The molecular formula is C20H22FN7O3. The first-order chi connectivity index (χ1) is 14.8. The van der Waals surface area contributed by atoms with E-state index in [2.05, 4.69) is 20.4 Å². The van der Waals surface area contributed by atoms with Crippen molar-refractivity contribution < 1.29 is 19.0 Å². The molecule has 0 saturated carbocycles. The van der Waals surface area contributed by atoms with Crippen molar-refractivity contribution in [2.75, 3.05) is 18.2 Å². The smallest absolute Gasteiger partial charge is 0.240 e. The zero-order valence-electron chi connectivity index (χ0n) is 17.0. The Balaban J connectivity index is 1.76. The Morgan fingerprint density at radius 2 is 2.10 bits per heavy atom. The van der Waals surface area contributed by atoms with E-state index in [0.717, 1.165) is 0 Å². The van der Waals surface area contributed by atoms with Gasteiger partial charge in [0.1, 0.15) is 34.8 Å². The molecule has 3 heterocycles. The molecule has 4 rings (SSSR count). The molecule has 1 aromatic carbocycles. The molecule has 2 atom stereocenters. The van der Waals surface area contributed by atoms with E-state index < -0.39 is 17.6 Å². The third-order valence-corrected chi connectivity index (χ3v) is 5.41. The molecule has 0 saturated heterocycles. The van der Waals surface area contributed by atoms with Crippen LogP contribution in [0.4, 0.5) is 16.0 Å². The second-order valence-electron chi connectivity index (χ2n) is 7.46. The highest BCUT2D eigenvalue weighted by molar-refractivity contribution is 6.07. The summed E-state index contributed by atoms with van der Waals surface area (Å²) in [6.45, 7) is 1.88. The number of nitrogen functional groups attached to an aromatic ring is 1. The number of hydrogen-bond acceptors (Lipinski definition) is 8. The number of anilines is 2. The summed E-state index contributed by atoms with van der Waals surface area (Å²) in [7, 11) is 1.54. The Kier molecular flexibility index (Phi) is 5.17. The number of nitrogens with zero attached hydrogens (tertiary/aromatic N) is 4. The topological polar surface area (TPSA) is 154 Å². The average molecular weight is 427 g/mol. The predicted octanol–water partition coefficient (Wildman–Crippen LogP) is 0.743. The van der Waals surface area contributed by atoms with E-state index >= 15 is 0 Å². The van der Waals surface area contributed by atoms with E-state index in [1.165, 1.54) is 13.0 Å². The number of ether oxygens (including phenoxy) is 1. The molecule has 0 bridgehead atoms. The molecule has 0 spiro atoms. The van der Waals surface area contributed by atoms with E-state index in [9.17, 15) is 14.3 Å². The van der Waals surface area contributed by atoms with Crippen molar-refractivity contribution >= 4 is 17.5 Å². The number of aromatic nitrogens is 4. The van der Waals surface area contributed by atoms with Crippen molar-refractivity contribution in [3.05, 3.63) is 53.0 Å². The highest BCUT2D eigenvalue weighted by Crippen LogP contribution is 2.41. The molecule has 6 N–H and O–H groups in total. The van der Waals surface area contributed by atoms with Crippen molar-refractivity contribution in [1.82, 2.24) is 19.7 Å². The van der Waals surface area contributed by atoms with Crippen LogP contribution in [0.3, 0.4) is 0 Å². The molecule has 1 aliphatic heterocycles. The van der Waals surface area contributed by atoms with Crippen LogP contribution >= 0.6 is 0 Å². The first-order valence-electron chi connectivity index (χ1n) is 9.48. The molecule has 10 nitrogen and oxygen atoms in total. The lowest BCUT2D eigenvalue weighted by Crippen LogP contribution is -2.48. The summed E-state index contributed by atoms with van der Waals surface area (Å²) >= 11 is 0. The van der Waals surface area contributed by atoms with Crippen LogP contribution in [0, 0.1) is 5.82 Å². The van der Waals surface area contributed by atoms with Crippen molar-refractivity contribution in [2.45, 2.75) is 31.7 Å². The summed E-state index contributed by atoms with van der Waals surface area (Å²) in [5, 5.41) is 17.0. The fourth-order valence-electron chi connectivity index (χ4n) is 3.58. The zero-order valence-corrected chi connectivity index (χ0v) is 17.0. The lowest BCUT2D eigenvalue weighted by atomic mass is 9.83. The van der Waals surface area contributed by atoms with E-state index in [-0.39, 0.29) is 42.0 Å². The lowest BCUT2D eigenvalue weighted by molar-refractivity contribution is -0.123. The van der Waals surface area contributed by atoms with Crippen LogP contribution in [0.15, 0.2) is 30.3 Å². The summed E-state index contributed by atoms with van der Waals surface area (Å²) in [4.78, 5) is 21.1. The Bertz CT molecular complexity index is 1160. The van der Waals surface area contributed by atoms with Gasteiger partial charge in [0.25, 0.3) is 0 Å². The number of fused-ring (bicyclic) bond motifs is 1. The number of methoxy groups -OCH3 is 1. The van der Waals surface area contributed by atoms with Crippen molar-refractivity contribution in [3.63, 3.8) is 0 Å². The maximum Gasteiger partial charge on any atom is 0.240 e. The number of carbonyl (C=O) groups is 1. The molecule has 2 unspecified atom stereocenters. The van der Waals surface area contributed by atoms with Crippen LogP contribution in [0.25, 0.3) is 11.5 Å². The summed E-state index contributed by atoms with van der Waals surface area (Å²) in [5.41, 5.74) is 12.0. The third kappa shape index (κ3) is 3.42. The first-order valence-corrected chi connectivity index (χ1v) is 9.48. The largest absolute Gasteiger partial charge is 0.383 e. The van der Waals surface area contributed by atoms with Gasteiger partial charge >= 0.3 is 0 Å². The molecule has 31 heavy (non-hydrogen) atoms. The van der Waals surface area contributed by atoms with E-state index in [4.69, 9.17) is 16.2 Å². The second-order valence-corrected chi connectivity index (χ2v) is 7.46. The average Bonchev–Trinajstić information content (AvgIpc) is 3.23. The third-order valence-electron chi connectivity index (χ3n) is 5.41. The second kappa shape index (κ2) is 7.69. The molecule has 162 valence electrons. The van der Waals surface area contributed by atoms with Gasteiger partial charge in [-0.1, -0.05) is 18.2 Å². The Labute approximate surface area is 177 Å². The van der Waals surface area contributed by atoms with Gasteiger partial charge in [-0.3, -0.25) is 9.48 Å². The minimum atomic E-state index is -1.49. The first kappa shape index (κ1) is 20.8. The fourth-order valence-corrected chi connectivity index (χ4v) is 3.58. The minimum absolute atomic E-state index is 0.00213. The number of amides is 1. The van der Waals surface area contributed by atoms with Gasteiger partial charge in [-0.2, -0.15) is 5.10 Å². The number of hydrogen-bond donors (Lipinski definition) is 4. The molecular weight excluding hydrogens is 405 g/mol. The van der Waals surface area contributed by atoms with E-state index in [1.54, 1.807) is 36.1 Å². The van der Waals surface area contributed by atoms with Crippen molar-refractivity contribution in [1.29, 1.82) is 0 Å². The normalized spacial score (nSPS) is 18.7. The Hall–Kier alpha value is -3.41. The van der Waals surface area contributed by atoms with Crippen LogP contribution in [0.2, 0.25) is 0 Å². The summed E-state index contributed by atoms with van der Waals surface area (Å²) in [6.07, 6.45) is -1.49. The quantitative estimate of drug-likeness (QED) is 0.420. The number of rotatable bonds is 6. The molecule has 0 fully saturated rings. The van der Waals surface area contributed by atoms with Crippen LogP contribution in [0.5, 0.6) is 0 Å². The standard InChI is InChI=1S/C20H22FN7O3/c1-20(18(23)29)14-15(22)24-16(25-17(14)26-19(20)30)13-7-11(9-31-2)28(27-13)8-10-5-3-4-6-12(10)21/h3-7,18,29H,8-9,23H2,1-2H3,(H3,22,24,25,26,30). The number of benzene rings is 1. The van der Waals surface area contributed by atoms with Gasteiger partial charge in [-0.15, -0.1) is 0 Å². The molecule has 3 aromatic rings. The monoisotopic (exact) mass is 427 g/mol. The summed E-state index contributed by atoms with van der Waals surface area (Å²) in [5.74, 6) is -0.542. The van der Waals surface area contributed by atoms with Crippen molar-refractivity contribution in [2.24, 2.45) is 5.73 Å². The number of nitrogens with one attached hydrogen (secondary N) is 1. The molecule has 1 amide bonds. The van der Waals surface area contributed by atoms with Crippen LogP contribution in [0.1, 0.15) is 23.7 Å².